The van der Waals surface area contributed by atoms with Gasteiger partial charge in [0.25, 0.3) is 5.91 Å². The molecule has 0 spiro atoms. The highest BCUT2D eigenvalue weighted by Crippen LogP contribution is 2.29. The van der Waals surface area contributed by atoms with E-state index in [2.05, 4.69) is 58.3 Å². The van der Waals surface area contributed by atoms with Gasteiger partial charge >= 0.3 is 0 Å². The molecule has 1 aliphatic carbocycles. The smallest absolute Gasteiger partial charge is 0.254 e. The van der Waals surface area contributed by atoms with Crippen LogP contribution in [0.25, 0.3) is 22.5 Å². The van der Waals surface area contributed by atoms with Crippen LogP contribution in [0.2, 0.25) is 0 Å². The molecule has 1 saturated carbocycles. The van der Waals surface area contributed by atoms with Crippen molar-refractivity contribution in [3.63, 3.8) is 0 Å². The Balaban J connectivity index is 1.40. The third kappa shape index (κ3) is 3.75. The lowest BCUT2D eigenvalue weighted by Crippen LogP contribution is -2.19. The van der Waals surface area contributed by atoms with Gasteiger partial charge in [-0.2, -0.15) is 19.6 Å². The van der Waals surface area contributed by atoms with Crippen molar-refractivity contribution in [3.05, 3.63) is 65.4 Å². The molecule has 2 fully saturated rings. The molecule has 1 saturated heterocycles. The van der Waals surface area contributed by atoms with Crippen molar-refractivity contribution in [1.29, 1.82) is 0 Å². The zero-order valence-corrected chi connectivity index (χ0v) is 18.6. The Bertz CT molecular complexity index is 1480. The summed E-state index contributed by atoms with van der Waals surface area (Å²) >= 11 is 0. The van der Waals surface area contributed by atoms with Crippen LogP contribution in [-0.2, 0) is 9.59 Å². The third-order valence-corrected chi connectivity index (χ3v) is 6.17. The monoisotopic (exact) mass is 453 g/mol. The van der Waals surface area contributed by atoms with E-state index >= 15 is 0 Å². The average molecular weight is 454 g/mol. The van der Waals surface area contributed by atoms with Crippen LogP contribution in [0.15, 0.2) is 54.2 Å². The quantitative estimate of drug-likeness (QED) is 0.303. The third-order valence-electron chi connectivity index (χ3n) is 6.17. The van der Waals surface area contributed by atoms with Crippen LogP contribution in [0.5, 0.6) is 0 Å². The molecule has 2 aromatic carbocycles. The maximum absolute atomic E-state index is 12.1. The van der Waals surface area contributed by atoms with Gasteiger partial charge in [-0.3, -0.25) is 14.9 Å². The second kappa shape index (κ2) is 7.95. The van der Waals surface area contributed by atoms with E-state index in [1.807, 2.05) is 12.1 Å². The lowest BCUT2D eigenvalue weighted by atomic mass is 10.00. The molecule has 0 unspecified atom stereocenters. The van der Waals surface area contributed by atoms with Gasteiger partial charge in [0.2, 0.25) is 17.8 Å². The average Bonchev–Trinajstić information content (AvgIpc) is 3.47. The molecule has 0 bridgehead atoms. The van der Waals surface area contributed by atoms with Crippen molar-refractivity contribution in [3.8, 4) is 0 Å². The van der Waals surface area contributed by atoms with Gasteiger partial charge in [0.05, 0.1) is 18.7 Å². The summed E-state index contributed by atoms with van der Waals surface area (Å²) in [5.74, 6) is 0.377. The van der Waals surface area contributed by atoms with Crippen LogP contribution in [0.4, 0.5) is 11.9 Å². The summed E-state index contributed by atoms with van der Waals surface area (Å²) < 4.78 is 1.65. The van der Waals surface area contributed by atoms with Gasteiger partial charge in [-0.05, 0) is 42.2 Å². The SMILES string of the molecule is C[C@@H](Nc1nc(NC2CC2)n2ncc(/C=C3\CC(=O)NC3=O)c2n1)c1cccc2ccccc12. The number of hydrogen-bond donors (Lipinski definition) is 3. The first kappa shape index (κ1) is 20.3. The highest BCUT2D eigenvalue weighted by atomic mass is 16.2. The molecule has 2 amide bonds. The fourth-order valence-corrected chi connectivity index (χ4v) is 4.27. The fourth-order valence-electron chi connectivity index (χ4n) is 4.27. The summed E-state index contributed by atoms with van der Waals surface area (Å²) in [5, 5.41) is 16.0. The summed E-state index contributed by atoms with van der Waals surface area (Å²) in [6.07, 6.45) is 5.54. The van der Waals surface area contributed by atoms with E-state index < -0.39 is 0 Å². The minimum Gasteiger partial charge on any atom is -0.351 e. The van der Waals surface area contributed by atoms with E-state index in [4.69, 9.17) is 9.97 Å². The molecule has 0 radical (unpaired) electrons. The normalized spacial score (nSPS) is 18.0. The van der Waals surface area contributed by atoms with Crippen LogP contribution in [0.3, 0.4) is 0 Å². The first-order chi connectivity index (χ1) is 16.5. The minimum atomic E-state index is -0.377. The summed E-state index contributed by atoms with van der Waals surface area (Å²) in [6, 6.07) is 14.9. The highest BCUT2D eigenvalue weighted by molar-refractivity contribution is 6.15. The van der Waals surface area contributed by atoms with Crippen molar-refractivity contribution < 1.29 is 9.59 Å². The molecule has 3 heterocycles. The second-order valence-electron chi connectivity index (χ2n) is 8.78. The summed E-state index contributed by atoms with van der Waals surface area (Å²) in [4.78, 5) is 33.1. The van der Waals surface area contributed by atoms with Gasteiger partial charge < -0.3 is 10.6 Å². The number of anilines is 2. The van der Waals surface area contributed by atoms with Crippen LogP contribution in [0.1, 0.15) is 43.4 Å². The van der Waals surface area contributed by atoms with Crippen LogP contribution in [-0.4, -0.2) is 37.4 Å². The number of fused-ring (bicyclic) bond motifs is 2. The number of benzene rings is 2. The Kier molecular flexibility index (Phi) is 4.75. The lowest BCUT2D eigenvalue weighted by molar-refractivity contribution is -0.124. The molecule has 9 nitrogen and oxygen atoms in total. The number of amides is 2. The predicted octanol–water partition coefficient (Wildman–Crippen LogP) is 3.45. The molecule has 9 heteroatoms. The van der Waals surface area contributed by atoms with Crippen LogP contribution in [0, 0.1) is 0 Å². The van der Waals surface area contributed by atoms with Gasteiger partial charge in [0.1, 0.15) is 0 Å². The van der Waals surface area contributed by atoms with Crippen molar-refractivity contribution in [2.45, 2.75) is 38.3 Å². The number of nitrogens with one attached hydrogen (secondary N) is 3. The Morgan fingerprint density at radius 3 is 2.74 bits per heavy atom. The lowest BCUT2D eigenvalue weighted by Gasteiger charge is -2.17. The van der Waals surface area contributed by atoms with Crippen LogP contribution < -0.4 is 16.0 Å². The van der Waals surface area contributed by atoms with Gasteiger partial charge in [0, 0.05) is 17.2 Å². The highest BCUT2D eigenvalue weighted by Gasteiger charge is 2.26. The molecule has 2 aromatic heterocycles. The topological polar surface area (TPSA) is 113 Å². The number of aromatic nitrogens is 4. The molecule has 3 N–H and O–H groups in total. The first-order valence-corrected chi connectivity index (χ1v) is 11.4. The first-order valence-electron chi connectivity index (χ1n) is 11.4. The number of hydrogen-bond acceptors (Lipinski definition) is 7. The second-order valence-corrected chi connectivity index (χ2v) is 8.78. The number of nitrogens with zero attached hydrogens (tertiary/aromatic N) is 4. The largest absolute Gasteiger partial charge is 0.351 e. The molecule has 2 aliphatic rings. The number of carbonyl (C=O) groups is 2. The van der Waals surface area contributed by atoms with Crippen LogP contribution >= 0.6 is 0 Å². The van der Waals surface area contributed by atoms with E-state index in [0.29, 0.717) is 34.7 Å². The molecule has 170 valence electrons. The number of carbonyl (C=O) groups excluding carboxylic acids is 2. The summed E-state index contributed by atoms with van der Waals surface area (Å²) in [6.45, 7) is 2.08. The Morgan fingerprint density at radius 1 is 1.12 bits per heavy atom. The molecule has 1 aliphatic heterocycles. The molecular formula is C25H23N7O2. The summed E-state index contributed by atoms with van der Waals surface area (Å²) in [7, 11) is 0. The van der Waals surface area contributed by atoms with E-state index in [9.17, 15) is 9.59 Å². The fraction of sp³-hybridized carbons (Fsp3) is 0.240. The standard InChI is InChI=1S/C25H23N7O2/c1-14(19-8-4-6-15-5-2-3-7-20(15)19)27-24-30-22-17(11-16-12-21(33)29-23(16)34)13-26-32(22)25(31-24)28-18-9-10-18/h2-8,11,13-14,18H,9-10,12H2,1H3,(H,29,33,34)(H2,27,28,30,31)/b16-11+/t14-/m1/s1. The predicted molar refractivity (Wildman–Crippen MR) is 129 cm³/mol. The van der Waals surface area contributed by atoms with Crippen molar-refractivity contribution in [2.24, 2.45) is 0 Å². The van der Waals surface area contributed by atoms with Gasteiger partial charge in [-0.15, -0.1) is 0 Å². The maximum Gasteiger partial charge on any atom is 0.254 e. The van der Waals surface area contributed by atoms with Crippen molar-refractivity contribution >= 4 is 46.2 Å². The Hall–Kier alpha value is -4.27. The zero-order chi connectivity index (χ0) is 23.2. The minimum absolute atomic E-state index is 0.0507. The molecular weight excluding hydrogens is 430 g/mol. The maximum atomic E-state index is 12.1. The van der Waals surface area contributed by atoms with E-state index in [1.54, 1.807) is 16.8 Å². The van der Waals surface area contributed by atoms with E-state index in [1.165, 1.54) is 10.8 Å². The van der Waals surface area contributed by atoms with Gasteiger partial charge in [-0.1, -0.05) is 42.5 Å². The summed E-state index contributed by atoms with van der Waals surface area (Å²) in [5.41, 5.74) is 2.76. The van der Waals surface area contributed by atoms with E-state index in [-0.39, 0.29) is 24.3 Å². The molecule has 6 rings (SSSR count). The van der Waals surface area contributed by atoms with Gasteiger partial charge in [0.15, 0.2) is 5.65 Å². The van der Waals surface area contributed by atoms with Crippen molar-refractivity contribution in [1.82, 2.24) is 24.9 Å². The number of rotatable bonds is 6. The van der Waals surface area contributed by atoms with Gasteiger partial charge in [-0.25, -0.2) is 0 Å². The zero-order valence-electron chi connectivity index (χ0n) is 18.6. The molecule has 1 atom stereocenters. The Labute approximate surface area is 195 Å². The number of imide groups is 1. The van der Waals surface area contributed by atoms with Crippen molar-refractivity contribution in [2.75, 3.05) is 10.6 Å². The molecule has 34 heavy (non-hydrogen) atoms. The molecule has 4 aromatic rings. The Morgan fingerprint density at radius 2 is 1.94 bits per heavy atom. The van der Waals surface area contributed by atoms with E-state index in [0.717, 1.165) is 18.4 Å².